The maximum Gasteiger partial charge on any atom is 0.167 e. The maximum atomic E-state index is 12.8. The highest BCUT2D eigenvalue weighted by Crippen LogP contribution is 2.46. The van der Waals surface area contributed by atoms with Crippen molar-refractivity contribution >= 4 is 50.2 Å². The van der Waals surface area contributed by atoms with Gasteiger partial charge in [-0.25, -0.2) is 4.99 Å². The molecule has 3 nitrogen and oxygen atoms in total. The van der Waals surface area contributed by atoms with Gasteiger partial charge in [-0.1, -0.05) is 46.3 Å². The Morgan fingerprint density at radius 2 is 1.88 bits per heavy atom. The number of carbonyl (C=O) groups excluding carboxylic acids is 1. The third-order valence-electron chi connectivity index (χ3n) is 4.85. The fraction of sp³-hybridized carbons (Fsp3) is 0.100. The van der Waals surface area contributed by atoms with Crippen molar-refractivity contribution in [2.24, 2.45) is 4.99 Å². The molecule has 0 aliphatic carbocycles. The van der Waals surface area contributed by atoms with Crippen LogP contribution < -0.4 is 4.90 Å². The van der Waals surface area contributed by atoms with Gasteiger partial charge in [0.15, 0.2) is 5.78 Å². The standard InChI is InChI=1S/C20H13BrN2O/c21-14-7-4-12(5-8-14)17-10-18(24)15-9-6-13-2-1-3-16-19(13)20(15)23(17)11-22-16/h1-9,11,17H,10H2. The Hall–Kier alpha value is -2.46. The first-order chi connectivity index (χ1) is 11.7. The Morgan fingerprint density at radius 1 is 1.04 bits per heavy atom. The maximum absolute atomic E-state index is 12.8. The summed E-state index contributed by atoms with van der Waals surface area (Å²) in [5, 5.41) is 2.20. The molecule has 0 radical (unpaired) electrons. The van der Waals surface area contributed by atoms with Crippen LogP contribution in [-0.2, 0) is 0 Å². The molecule has 3 aromatic rings. The first-order valence-electron chi connectivity index (χ1n) is 7.89. The Kier molecular flexibility index (Phi) is 2.91. The van der Waals surface area contributed by atoms with E-state index >= 15 is 0 Å². The molecule has 116 valence electrons. The molecule has 24 heavy (non-hydrogen) atoms. The number of rotatable bonds is 1. The lowest BCUT2D eigenvalue weighted by Gasteiger charge is -2.38. The number of nitrogens with zero attached hydrogens (tertiary/aromatic N) is 2. The van der Waals surface area contributed by atoms with Gasteiger partial charge in [0.25, 0.3) is 0 Å². The topological polar surface area (TPSA) is 32.7 Å². The Morgan fingerprint density at radius 3 is 2.71 bits per heavy atom. The Labute approximate surface area is 147 Å². The Bertz CT molecular complexity index is 1020. The van der Waals surface area contributed by atoms with Crippen LogP contribution in [0.15, 0.2) is 64.1 Å². The van der Waals surface area contributed by atoms with Crippen LogP contribution in [0.2, 0.25) is 0 Å². The van der Waals surface area contributed by atoms with Gasteiger partial charge in [-0.15, -0.1) is 0 Å². The highest BCUT2D eigenvalue weighted by atomic mass is 79.9. The van der Waals surface area contributed by atoms with E-state index in [0.717, 1.165) is 37.7 Å². The van der Waals surface area contributed by atoms with Gasteiger partial charge in [0.2, 0.25) is 0 Å². The minimum atomic E-state index is -0.0131. The van der Waals surface area contributed by atoms with Crippen LogP contribution in [-0.4, -0.2) is 12.1 Å². The molecular weight excluding hydrogens is 364 g/mol. The smallest absolute Gasteiger partial charge is 0.167 e. The number of ketones is 1. The van der Waals surface area contributed by atoms with E-state index in [2.05, 4.69) is 44.0 Å². The van der Waals surface area contributed by atoms with Crippen LogP contribution in [0, 0.1) is 0 Å². The van der Waals surface area contributed by atoms with Crippen molar-refractivity contribution in [1.29, 1.82) is 0 Å². The molecule has 2 aliphatic heterocycles. The number of hydrogen-bond donors (Lipinski definition) is 0. The number of Topliss-reactive ketones (excluding diaryl/α,β-unsaturated/α-hetero) is 1. The minimum Gasteiger partial charge on any atom is -0.323 e. The summed E-state index contributed by atoms with van der Waals surface area (Å²) in [7, 11) is 0. The summed E-state index contributed by atoms with van der Waals surface area (Å²) in [5.74, 6) is 0.196. The van der Waals surface area contributed by atoms with E-state index in [1.807, 2.05) is 42.7 Å². The molecular formula is C20H13BrN2O. The Balaban J connectivity index is 1.77. The zero-order chi connectivity index (χ0) is 16.3. The molecule has 1 atom stereocenters. The zero-order valence-corrected chi connectivity index (χ0v) is 14.3. The van der Waals surface area contributed by atoms with Gasteiger partial charge in [0, 0.05) is 21.8 Å². The minimum absolute atomic E-state index is 0.0131. The summed E-state index contributed by atoms with van der Waals surface area (Å²) in [6, 6.07) is 18.2. The highest BCUT2D eigenvalue weighted by molar-refractivity contribution is 9.10. The van der Waals surface area contributed by atoms with Gasteiger partial charge in [-0.3, -0.25) is 4.79 Å². The highest BCUT2D eigenvalue weighted by Gasteiger charge is 2.35. The number of hydrogen-bond acceptors (Lipinski definition) is 3. The summed E-state index contributed by atoms with van der Waals surface area (Å²) < 4.78 is 1.04. The lowest BCUT2D eigenvalue weighted by atomic mass is 9.87. The van der Waals surface area contributed by atoms with Crippen molar-refractivity contribution in [3.05, 3.63) is 70.2 Å². The molecule has 0 aromatic heterocycles. The summed E-state index contributed by atoms with van der Waals surface area (Å²) in [6.45, 7) is 0. The zero-order valence-electron chi connectivity index (χ0n) is 12.7. The summed E-state index contributed by atoms with van der Waals surface area (Å²) in [5.41, 5.74) is 3.86. The van der Waals surface area contributed by atoms with E-state index in [1.54, 1.807) is 0 Å². The number of aliphatic imine (C=N–C) groups is 1. The van der Waals surface area contributed by atoms with Crippen molar-refractivity contribution in [3.8, 4) is 0 Å². The van der Waals surface area contributed by atoms with Crippen LogP contribution in [0.3, 0.4) is 0 Å². The molecule has 0 saturated heterocycles. The van der Waals surface area contributed by atoms with Crippen molar-refractivity contribution in [3.63, 3.8) is 0 Å². The number of halogens is 1. The van der Waals surface area contributed by atoms with E-state index in [4.69, 9.17) is 0 Å². The average molecular weight is 377 g/mol. The summed E-state index contributed by atoms with van der Waals surface area (Å²) >= 11 is 3.47. The van der Waals surface area contributed by atoms with E-state index < -0.39 is 0 Å². The predicted octanol–water partition coefficient (Wildman–Crippen LogP) is 5.41. The third-order valence-corrected chi connectivity index (χ3v) is 5.37. The van der Waals surface area contributed by atoms with Gasteiger partial charge in [0.1, 0.15) is 0 Å². The second kappa shape index (κ2) is 5.02. The first kappa shape index (κ1) is 13.9. The quantitative estimate of drug-likeness (QED) is 0.568. The third kappa shape index (κ3) is 1.89. The van der Waals surface area contributed by atoms with E-state index in [-0.39, 0.29) is 11.8 Å². The van der Waals surface area contributed by atoms with Gasteiger partial charge >= 0.3 is 0 Å². The SMILES string of the molecule is O=C1CC(c2ccc(Br)cc2)N2C=Nc3cccc4ccc1c2c34. The summed E-state index contributed by atoms with van der Waals surface area (Å²) in [4.78, 5) is 19.6. The number of anilines is 1. The lowest BCUT2D eigenvalue weighted by Crippen LogP contribution is -2.35. The molecule has 3 aromatic carbocycles. The van der Waals surface area contributed by atoms with Crippen molar-refractivity contribution < 1.29 is 4.79 Å². The van der Waals surface area contributed by atoms with Gasteiger partial charge in [0.05, 0.1) is 23.8 Å². The number of benzene rings is 3. The fourth-order valence-corrected chi connectivity index (χ4v) is 3.97. The van der Waals surface area contributed by atoms with Crippen molar-refractivity contribution in [2.45, 2.75) is 12.5 Å². The first-order valence-corrected chi connectivity index (χ1v) is 8.68. The monoisotopic (exact) mass is 376 g/mol. The second-order valence-corrected chi connectivity index (χ2v) is 7.10. The van der Waals surface area contributed by atoms with Crippen LogP contribution in [0.5, 0.6) is 0 Å². The molecule has 0 spiro atoms. The van der Waals surface area contributed by atoms with E-state index in [0.29, 0.717) is 6.42 Å². The summed E-state index contributed by atoms with van der Waals surface area (Å²) in [6.07, 6.45) is 2.34. The van der Waals surface area contributed by atoms with Gasteiger partial charge in [-0.2, -0.15) is 0 Å². The van der Waals surface area contributed by atoms with Gasteiger partial charge < -0.3 is 4.90 Å². The largest absolute Gasteiger partial charge is 0.323 e. The predicted molar refractivity (Wildman–Crippen MR) is 100 cm³/mol. The van der Waals surface area contributed by atoms with E-state index in [1.165, 1.54) is 0 Å². The molecule has 0 saturated carbocycles. The molecule has 0 N–H and O–H groups in total. The fourth-order valence-electron chi connectivity index (χ4n) is 3.71. The molecule has 5 rings (SSSR count). The molecule has 4 heteroatoms. The van der Waals surface area contributed by atoms with Crippen molar-refractivity contribution in [1.82, 2.24) is 0 Å². The van der Waals surface area contributed by atoms with E-state index in [9.17, 15) is 4.79 Å². The van der Waals surface area contributed by atoms with Crippen LogP contribution in [0.25, 0.3) is 10.8 Å². The molecule has 2 heterocycles. The van der Waals surface area contributed by atoms with Crippen LogP contribution in [0.1, 0.15) is 28.4 Å². The molecule has 2 aliphatic rings. The van der Waals surface area contributed by atoms with Crippen LogP contribution in [0.4, 0.5) is 11.4 Å². The van der Waals surface area contributed by atoms with Crippen LogP contribution >= 0.6 is 15.9 Å². The second-order valence-electron chi connectivity index (χ2n) is 6.18. The normalized spacial score (nSPS) is 18.3. The molecule has 0 fully saturated rings. The van der Waals surface area contributed by atoms with Gasteiger partial charge in [-0.05, 0) is 35.2 Å². The lowest BCUT2D eigenvalue weighted by molar-refractivity contribution is 0.0969. The van der Waals surface area contributed by atoms with Crippen molar-refractivity contribution in [2.75, 3.05) is 4.90 Å². The molecule has 1 unspecified atom stereocenters. The molecule has 0 amide bonds. The molecule has 0 bridgehead atoms. The average Bonchev–Trinajstić information content (AvgIpc) is 2.61. The number of carbonyl (C=O) groups is 1.